The zero-order valence-corrected chi connectivity index (χ0v) is 15.5. The van der Waals surface area contributed by atoms with Gasteiger partial charge < -0.3 is 0 Å². The number of para-hydroxylation sites is 1. The van der Waals surface area contributed by atoms with Gasteiger partial charge in [0.25, 0.3) is 5.91 Å². The molecule has 0 saturated carbocycles. The van der Waals surface area contributed by atoms with Crippen LogP contribution in [0.5, 0.6) is 0 Å². The van der Waals surface area contributed by atoms with Gasteiger partial charge in [-0.2, -0.15) is 0 Å². The molecule has 0 fully saturated rings. The van der Waals surface area contributed by atoms with Crippen LogP contribution in [0.25, 0.3) is 5.70 Å². The summed E-state index contributed by atoms with van der Waals surface area (Å²) < 4.78 is 0. The summed E-state index contributed by atoms with van der Waals surface area (Å²) in [6.45, 7) is 4.47. The molecule has 5 nitrogen and oxygen atoms in total. The van der Waals surface area contributed by atoms with Crippen molar-refractivity contribution in [2.24, 2.45) is 21.9 Å². The second-order valence-corrected chi connectivity index (χ2v) is 7.74. The van der Waals surface area contributed by atoms with E-state index < -0.39 is 0 Å². The van der Waals surface area contributed by atoms with Gasteiger partial charge in [-0.15, -0.1) is 5.10 Å². The average molecular weight is 354 g/mol. The minimum atomic E-state index is -0.141. The molecule has 1 N–H and O–H groups in total. The lowest BCUT2D eigenvalue weighted by molar-refractivity contribution is -0.116. The summed E-state index contributed by atoms with van der Waals surface area (Å²) in [5.41, 5.74) is 2.06. The number of carbonyl (C=O) groups is 1. The molecule has 4 rings (SSSR count). The van der Waals surface area contributed by atoms with Crippen molar-refractivity contribution in [2.45, 2.75) is 32.9 Å². The van der Waals surface area contributed by atoms with Gasteiger partial charge in [-0.1, -0.05) is 48.5 Å². The van der Waals surface area contributed by atoms with E-state index in [0.29, 0.717) is 22.7 Å². The summed E-state index contributed by atoms with van der Waals surface area (Å²) in [5, 5.41) is 11.8. The first-order valence-electron chi connectivity index (χ1n) is 8.64. The Balaban J connectivity index is 1.89. The van der Waals surface area contributed by atoms with E-state index in [1.807, 2.05) is 35.5 Å². The van der Waals surface area contributed by atoms with E-state index in [1.54, 1.807) is 0 Å². The quantitative estimate of drug-likeness (QED) is 0.783. The summed E-state index contributed by atoms with van der Waals surface area (Å²) in [6.07, 6.45) is 6.14. The molecule has 1 amide bonds. The Hall–Kier alpha value is -2.08. The highest BCUT2D eigenvalue weighted by Gasteiger charge is 2.39. The van der Waals surface area contributed by atoms with E-state index in [2.05, 4.69) is 25.2 Å². The van der Waals surface area contributed by atoms with Gasteiger partial charge in [0.1, 0.15) is 11.9 Å². The summed E-state index contributed by atoms with van der Waals surface area (Å²) in [4.78, 5) is 17.8. The van der Waals surface area contributed by atoms with Crippen LogP contribution < -0.4 is 15.9 Å². The second-order valence-electron chi connectivity index (χ2n) is 6.95. The lowest BCUT2D eigenvalue weighted by Crippen LogP contribution is -2.55. The van der Waals surface area contributed by atoms with E-state index >= 15 is 0 Å². The highest BCUT2D eigenvalue weighted by molar-refractivity contribution is 8.13. The van der Waals surface area contributed by atoms with Gasteiger partial charge in [0.05, 0.1) is 5.36 Å². The molecule has 0 unspecified atom stereocenters. The maximum Gasteiger partial charge on any atom is 0.276 e. The number of carbonyl (C=O) groups excluding carboxylic acids is 1. The van der Waals surface area contributed by atoms with Gasteiger partial charge in [-0.3, -0.25) is 15.1 Å². The molecule has 0 aromatic heterocycles. The molecule has 1 aromatic carbocycles. The monoisotopic (exact) mass is 354 g/mol. The molecule has 1 aliphatic carbocycles. The van der Waals surface area contributed by atoms with Crippen molar-refractivity contribution in [2.75, 3.05) is 6.26 Å². The molecule has 0 spiro atoms. The molecule has 1 aromatic rings. The number of nitrogens with zero attached hydrogens (tertiary/aromatic N) is 3. The third-order valence-corrected chi connectivity index (χ3v) is 5.80. The Labute approximate surface area is 151 Å². The van der Waals surface area contributed by atoms with E-state index in [-0.39, 0.29) is 12.1 Å². The molecule has 25 heavy (non-hydrogen) atoms. The summed E-state index contributed by atoms with van der Waals surface area (Å²) in [5.74, 6) is 0.745. The van der Waals surface area contributed by atoms with Gasteiger partial charge in [-0.05, 0) is 38.0 Å². The Morgan fingerprint density at radius 2 is 2.12 bits per heavy atom. The Morgan fingerprint density at radius 3 is 2.88 bits per heavy atom. The number of rotatable bonds is 1. The molecule has 0 bridgehead atoms. The molecule has 130 valence electrons. The summed E-state index contributed by atoms with van der Waals surface area (Å²) in [6, 6.07) is 7.85. The number of amides is 1. The van der Waals surface area contributed by atoms with Gasteiger partial charge in [0.15, 0.2) is 5.17 Å². The normalized spacial score (nSPS) is 28.3. The highest BCUT2D eigenvalue weighted by atomic mass is 32.2. The molecule has 0 radical (unpaired) electrons. The van der Waals surface area contributed by atoms with Crippen LogP contribution in [-0.4, -0.2) is 28.5 Å². The zero-order valence-electron chi connectivity index (χ0n) is 14.7. The first kappa shape index (κ1) is 16.4. The molecule has 2 aliphatic heterocycles. The van der Waals surface area contributed by atoms with Crippen molar-refractivity contribution in [3.05, 3.63) is 46.5 Å². The van der Waals surface area contributed by atoms with Crippen molar-refractivity contribution in [3.8, 4) is 0 Å². The number of allylic oxidation sites excluding steroid dienone is 2. The number of thioether (sulfide) groups is 1. The van der Waals surface area contributed by atoms with Gasteiger partial charge >= 0.3 is 0 Å². The van der Waals surface area contributed by atoms with Gasteiger partial charge in [0, 0.05) is 11.1 Å². The molecule has 2 heterocycles. The SMILES string of the molecule is CSC1=NN2C(=c3ccccc3=N[C@@H]2[C@@H]2CC=C(C)C[C@@H]2C)C(=O)N1. The van der Waals surface area contributed by atoms with Crippen LogP contribution in [0.3, 0.4) is 0 Å². The average Bonchev–Trinajstić information content (AvgIpc) is 2.61. The van der Waals surface area contributed by atoms with Crippen LogP contribution in [0.1, 0.15) is 26.7 Å². The molecular formula is C19H22N4OS. The first-order valence-corrected chi connectivity index (χ1v) is 9.87. The Morgan fingerprint density at radius 1 is 1.32 bits per heavy atom. The lowest BCUT2D eigenvalue weighted by atomic mass is 9.79. The fourth-order valence-electron chi connectivity index (χ4n) is 3.95. The largest absolute Gasteiger partial charge is 0.298 e. The fraction of sp³-hybridized carbons (Fsp3) is 0.421. The molecule has 3 aliphatic rings. The third-order valence-electron chi connectivity index (χ3n) is 5.23. The third kappa shape index (κ3) is 2.78. The molecule has 6 heteroatoms. The van der Waals surface area contributed by atoms with Crippen LogP contribution in [0.2, 0.25) is 0 Å². The molecule has 3 atom stereocenters. The van der Waals surface area contributed by atoms with Crippen molar-refractivity contribution in [1.29, 1.82) is 0 Å². The number of fused-ring (bicyclic) bond motifs is 2. The van der Waals surface area contributed by atoms with E-state index in [1.165, 1.54) is 17.3 Å². The number of hydrogen-bond donors (Lipinski definition) is 1. The van der Waals surface area contributed by atoms with Crippen molar-refractivity contribution in [1.82, 2.24) is 10.3 Å². The zero-order chi connectivity index (χ0) is 17.6. The Bertz CT molecular complexity index is 904. The highest BCUT2D eigenvalue weighted by Crippen LogP contribution is 2.36. The number of amidine groups is 1. The fourth-order valence-corrected chi connectivity index (χ4v) is 4.32. The van der Waals surface area contributed by atoms with Crippen molar-refractivity contribution < 1.29 is 4.79 Å². The second kappa shape index (κ2) is 6.33. The van der Waals surface area contributed by atoms with E-state index in [4.69, 9.17) is 10.1 Å². The van der Waals surface area contributed by atoms with Gasteiger partial charge in [-0.25, -0.2) is 5.01 Å². The number of hydrazone groups is 1. The van der Waals surface area contributed by atoms with E-state index in [9.17, 15) is 4.79 Å². The van der Waals surface area contributed by atoms with Crippen LogP contribution >= 0.6 is 11.8 Å². The number of nitrogens with one attached hydrogen (secondary N) is 1. The minimum Gasteiger partial charge on any atom is -0.298 e. The number of hydrogen-bond acceptors (Lipinski definition) is 5. The Kier molecular flexibility index (Phi) is 4.15. The smallest absolute Gasteiger partial charge is 0.276 e. The van der Waals surface area contributed by atoms with Crippen molar-refractivity contribution >= 4 is 28.5 Å². The van der Waals surface area contributed by atoms with Crippen LogP contribution in [0.15, 0.2) is 46.0 Å². The first-order chi connectivity index (χ1) is 12.1. The maximum atomic E-state index is 12.8. The summed E-state index contributed by atoms with van der Waals surface area (Å²) in [7, 11) is 0. The molecule has 0 saturated heterocycles. The predicted molar refractivity (Wildman–Crippen MR) is 101 cm³/mol. The number of benzene rings is 1. The molecular weight excluding hydrogens is 332 g/mol. The standard InChI is InChI=1S/C19H22N4OS/c1-11-8-9-13(12(2)10-11)17-20-15-7-5-4-6-14(15)16-18(24)21-19(25-3)22-23(16)17/h4-8,12-13,17H,9-10H2,1-3H3,(H,21,22,24)/t12-,13+,17-/m0/s1. The topological polar surface area (TPSA) is 57.1 Å². The van der Waals surface area contributed by atoms with Gasteiger partial charge in [0.2, 0.25) is 0 Å². The minimum absolute atomic E-state index is 0.0955. The maximum absolute atomic E-state index is 12.8. The van der Waals surface area contributed by atoms with Crippen molar-refractivity contribution in [3.63, 3.8) is 0 Å². The predicted octanol–water partition coefficient (Wildman–Crippen LogP) is 1.81. The van der Waals surface area contributed by atoms with Crippen LogP contribution in [0, 0.1) is 11.8 Å². The van der Waals surface area contributed by atoms with Crippen LogP contribution in [-0.2, 0) is 4.79 Å². The van der Waals surface area contributed by atoms with Crippen LogP contribution in [0.4, 0.5) is 0 Å². The lowest BCUT2D eigenvalue weighted by Gasteiger charge is -2.40. The summed E-state index contributed by atoms with van der Waals surface area (Å²) >= 11 is 1.45. The van der Waals surface area contributed by atoms with E-state index in [0.717, 1.165) is 23.4 Å².